The van der Waals surface area contributed by atoms with Crippen molar-refractivity contribution in [2.75, 3.05) is 31.6 Å². The summed E-state index contributed by atoms with van der Waals surface area (Å²) in [5.41, 5.74) is 7.20. The van der Waals surface area contributed by atoms with Crippen LogP contribution < -0.4 is 20.1 Å². The molecule has 2 heterocycles. The van der Waals surface area contributed by atoms with Crippen LogP contribution in [0.4, 0.5) is 5.95 Å². The number of benzene rings is 1. The van der Waals surface area contributed by atoms with Gasteiger partial charge in [-0.05, 0) is 65.1 Å². The van der Waals surface area contributed by atoms with E-state index in [4.69, 9.17) is 15.2 Å². The lowest BCUT2D eigenvalue weighted by atomic mass is 9.81. The van der Waals surface area contributed by atoms with Crippen molar-refractivity contribution < 1.29 is 9.47 Å². The number of hydrogen-bond acceptors (Lipinski definition) is 6. The summed E-state index contributed by atoms with van der Waals surface area (Å²) in [5.74, 6) is 2.19. The minimum Gasteiger partial charge on any atom is -0.497 e. The number of hydrogen-bond donors (Lipinski definition) is 1. The molecule has 6 nitrogen and oxygen atoms in total. The van der Waals surface area contributed by atoms with E-state index in [1.54, 1.807) is 7.11 Å². The van der Waals surface area contributed by atoms with Gasteiger partial charge in [-0.3, -0.25) is 0 Å². The number of halogens is 1. The van der Waals surface area contributed by atoms with E-state index in [0.717, 1.165) is 53.3 Å². The van der Waals surface area contributed by atoms with Gasteiger partial charge in [0.2, 0.25) is 11.8 Å². The monoisotopic (exact) mass is 468 g/mol. The smallest absolute Gasteiger partial charge is 0.232 e. The lowest BCUT2D eigenvalue weighted by molar-refractivity contribution is 0.256. The number of aromatic nitrogens is 2. The van der Waals surface area contributed by atoms with Gasteiger partial charge in [-0.25, -0.2) is 4.98 Å². The zero-order valence-electron chi connectivity index (χ0n) is 15.2. The maximum atomic E-state index is 5.94. The fourth-order valence-electron chi connectivity index (χ4n) is 2.92. The molecule has 1 aromatic heterocycles. The van der Waals surface area contributed by atoms with Crippen molar-refractivity contribution in [3.63, 3.8) is 0 Å². The summed E-state index contributed by atoms with van der Waals surface area (Å²) < 4.78 is 12.0. The molecule has 2 aromatic rings. The van der Waals surface area contributed by atoms with E-state index in [1.807, 2.05) is 30.5 Å². The maximum absolute atomic E-state index is 5.94. The number of piperidine rings is 1. The molecule has 1 aromatic carbocycles. The number of nitrogens with two attached hydrogens (primary N) is 1. The average molecular weight is 468 g/mol. The third-order valence-corrected chi connectivity index (χ3v) is 5.72. The van der Waals surface area contributed by atoms with Gasteiger partial charge in [-0.1, -0.05) is 19.1 Å². The van der Waals surface area contributed by atoms with E-state index in [-0.39, 0.29) is 5.41 Å². The molecule has 26 heavy (non-hydrogen) atoms. The molecule has 2 N–H and O–H groups in total. The highest BCUT2D eigenvalue weighted by Gasteiger charge is 2.29. The number of ether oxygens (including phenoxy) is 2. The summed E-state index contributed by atoms with van der Waals surface area (Å²) in [7, 11) is 1.66. The van der Waals surface area contributed by atoms with E-state index in [1.165, 1.54) is 0 Å². The third kappa shape index (κ3) is 4.56. The predicted molar refractivity (Wildman–Crippen MR) is 111 cm³/mol. The van der Waals surface area contributed by atoms with Crippen molar-refractivity contribution in [1.82, 2.24) is 9.97 Å². The van der Waals surface area contributed by atoms with Gasteiger partial charge in [0.15, 0.2) is 0 Å². The van der Waals surface area contributed by atoms with Crippen LogP contribution >= 0.6 is 22.6 Å². The third-order valence-electron chi connectivity index (χ3n) is 4.98. The Morgan fingerprint density at radius 3 is 2.54 bits per heavy atom. The molecular weight excluding hydrogens is 443 g/mol. The summed E-state index contributed by atoms with van der Waals surface area (Å²) in [6.45, 7) is 5.28. The molecule has 0 saturated carbocycles. The van der Waals surface area contributed by atoms with Crippen LogP contribution in [0, 0.1) is 8.99 Å². The van der Waals surface area contributed by atoms with E-state index in [9.17, 15) is 0 Å². The van der Waals surface area contributed by atoms with Crippen molar-refractivity contribution in [3.05, 3.63) is 39.6 Å². The van der Waals surface area contributed by atoms with Gasteiger partial charge >= 0.3 is 0 Å². The highest BCUT2D eigenvalue weighted by atomic mass is 127. The first-order valence-corrected chi connectivity index (χ1v) is 9.84. The first kappa shape index (κ1) is 19.2. The minimum absolute atomic E-state index is 0.230. The topological polar surface area (TPSA) is 73.5 Å². The Kier molecular flexibility index (Phi) is 6.18. The van der Waals surface area contributed by atoms with E-state index in [2.05, 4.69) is 44.4 Å². The van der Waals surface area contributed by atoms with Crippen LogP contribution in [0.5, 0.6) is 11.6 Å². The van der Waals surface area contributed by atoms with Crippen molar-refractivity contribution in [1.29, 1.82) is 0 Å². The number of methoxy groups -OCH3 is 1. The Labute approximate surface area is 168 Å². The van der Waals surface area contributed by atoms with E-state index >= 15 is 0 Å². The molecule has 140 valence electrons. The second kappa shape index (κ2) is 8.39. The second-order valence-electron chi connectivity index (χ2n) is 6.96. The highest BCUT2D eigenvalue weighted by Crippen LogP contribution is 2.31. The Hall–Kier alpha value is -1.61. The van der Waals surface area contributed by atoms with Gasteiger partial charge < -0.3 is 20.1 Å². The Morgan fingerprint density at radius 2 is 1.92 bits per heavy atom. The molecule has 0 amide bonds. The fraction of sp³-hybridized carbons (Fsp3) is 0.474. The number of rotatable bonds is 6. The molecule has 0 spiro atoms. The second-order valence-corrected chi connectivity index (χ2v) is 8.12. The van der Waals surface area contributed by atoms with Crippen molar-refractivity contribution in [2.24, 2.45) is 11.1 Å². The Morgan fingerprint density at radius 1 is 1.23 bits per heavy atom. The Balaban J connectivity index is 1.66. The average Bonchev–Trinajstić information content (AvgIpc) is 2.68. The quantitative estimate of drug-likeness (QED) is 0.657. The van der Waals surface area contributed by atoms with Gasteiger partial charge in [0.1, 0.15) is 12.4 Å². The molecule has 0 aliphatic carbocycles. The lowest BCUT2D eigenvalue weighted by Crippen LogP contribution is -2.42. The molecule has 1 fully saturated rings. The van der Waals surface area contributed by atoms with Crippen LogP contribution in [-0.2, 0) is 6.61 Å². The zero-order chi connectivity index (χ0) is 18.6. The van der Waals surface area contributed by atoms with Crippen LogP contribution in [0.1, 0.15) is 25.3 Å². The molecule has 3 rings (SSSR count). The largest absolute Gasteiger partial charge is 0.497 e. The van der Waals surface area contributed by atoms with Crippen LogP contribution in [0.2, 0.25) is 0 Å². The molecule has 0 atom stereocenters. The summed E-state index contributed by atoms with van der Waals surface area (Å²) in [4.78, 5) is 11.4. The van der Waals surface area contributed by atoms with Gasteiger partial charge in [0.05, 0.1) is 10.7 Å². The van der Waals surface area contributed by atoms with Gasteiger partial charge in [0, 0.05) is 19.3 Å². The molecule has 7 heteroatoms. The highest BCUT2D eigenvalue weighted by molar-refractivity contribution is 14.1. The standard InChI is InChI=1S/C19H25IN4O2/c1-19(13-21)7-9-24(10-8-19)18-22-11-16(20)17(23-18)26-12-14-3-5-15(25-2)6-4-14/h3-6,11H,7-10,12-13,21H2,1-2H3. The van der Waals surface area contributed by atoms with Crippen molar-refractivity contribution in [3.8, 4) is 11.6 Å². The summed E-state index contributed by atoms with van der Waals surface area (Å²) in [6, 6.07) is 7.84. The zero-order valence-corrected chi connectivity index (χ0v) is 17.4. The maximum Gasteiger partial charge on any atom is 0.232 e. The van der Waals surface area contributed by atoms with Crippen molar-refractivity contribution in [2.45, 2.75) is 26.4 Å². The molecule has 1 aliphatic rings. The summed E-state index contributed by atoms with van der Waals surface area (Å²) in [6.07, 6.45) is 3.94. The first-order chi connectivity index (χ1) is 12.5. The van der Waals surface area contributed by atoms with Crippen LogP contribution in [0.25, 0.3) is 0 Å². The van der Waals surface area contributed by atoms with E-state index < -0.39 is 0 Å². The minimum atomic E-state index is 0.230. The van der Waals surface area contributed by atoms with Crippen molar-refractivity contribution >= 4 is 28.5 Å². The van der Waals surface area contributed by atoms with Crippen LogP contribution in [0.3, 0.4) is 0 Å². The molecule has 0 bridgehead atoms. The Bertz CT molecular complexity index is 731. The number of anilines is 1. The molecular formula is C19H25IN4O2. The summed E-state index contributed by atoms with van der Waals surface area (Å²) >= 11 is 2.21. The predicted octanol–water partition coefficient (Wildman–Crippen LogP) is 3.23. The van der Waals surface area contributed by atoms with Gasteiger partial charge in [-0.2, -0.15) is 4.98 Å². The molecule has 1 saturated heterocycles. The van der Waals surface area contributed by atoms with E-state index in [0.29, 0.717) is 12.5 Å². The molecule has 0 radical (unpaired) electrons. The SMILES string of the molecule is COc1ccc(COc2nc(N3CCC(C)(CN)CC3)ncc2I)cc1. The van der Waals surface area contributed by atoms with Gasteiger partial charge in [-0.15, -0.1) is 0 Å². The molecule has 0 unspecified atom stereocenters. The van der Waals surface area contributed by atoms with Crippen LogP contribution in [-0.4, -0.2) is 36.7 Å². The summed E-state index contributed by atoms with van der Waals surface area (Å²) in [5, 5.41) is 0. The fourth-order valence-corrected chi connectivity index (χ4v) is 3.34. The molecule has 1 aliphatic heterocycles. The lowest BCUT2D eigenvalue weighted by Gasteiger charge is -2.38. The first-order valence-electron chi connectivity index (χ1n) is 8.76. The normalized spacial score (nSPS) is 16.4. The number of nitrogens with zero attached hydrogens (tertiary/aromatic N) is 3. The van der Waals surface area contributed by atoms with Crippen LogP contribution in [0.15, 0.2) is 30.5 Å². The van der Waals surface area contributed by atoms with Gasteiger partial charge in [0.25, 0.3) is 0 Å².